The van der Waals surface area contributed by atoms with Gasteiger partial charge in [0.15, 0.2) is 11.9 Å². The molecule has 268 valence electrons. The molecule has 0 aliphatic carbocycles. The number of benzene rings is 3. The summed E-state index contributed by atoms with van der Waals surface area (Å²) in [5, 5.41) is 20.5. The molecule has 1 aliphatic rings. The molecule has 6 N–H and O–H groups in total. The van der Waals surface area contributed by atoms with Crippen molar-refractivity contribution in [1.29, 1.82) is 0 Å². The fraction of sp³-hybridized carbons (Fsp3) is 0.342. The van der Waals surface area contributed by atoms with E-state index >= 15 is 0 Å². The number of aryl methyl sites for hydroxylation is 2. The number of rotatable bonds is 13. The van der Waals surface area contributed by atoms with Crippen molar-refractivity contribution >= 4 is 52.3 Å². The first-order chi connectivity index (χ1) is 24.2. The Morgan fingerprint density at radius 2 is 1.63 bits per heavy atom. The van der Waals surface area contributed by atoms with Gasteiger partial charge in [0.05, 0.1) is 18.3 Å². The lowest BCUT2D eigenvalue weighted by Crippen LogP contribution is -2.60. The molecule has 5 rings (SSSR count). The maximum Gasteiger partial charge on any atom is 0.287 e. The van der Waals surface area contributed by atoms with Crippen LogP contribution in [0.3, 0.4) is 0 Å². The summed E-state index contributed by atoms with van der Waals surface area (Å²) in [6, 6.07) is 19.7. The van der Waals surface area contributed by atoms with Crippen LogP contribution >= 0.6 is 11.8 Å². The van der Waals surface area contributed by atoms with Gasteiger partial charge in [-0.2, -0.15) is 0 Å². The summed E-state index contributed by atoms with van der Waals surface area (Å²) in [5.74, 6) is -3.52. The Morgan fingerprint density at radius 1 is 0.961 bits per heavy atom. The monoisotopic (exact) mass is 713 g/mol. The molecule has 5 amide bonds. The first-order valence-electron chi connectivity index (χ1n) is 16.6. The van der Waals surface area contributed by atoms with Crippen LogP contribution < -0.4 is 21.7 Å². The van der Waals surface area contributed by atoms with Crippen molar-refractivity contribution in [1.82, 2.24) is 20.9 Å². The Kier molecular flexibility index (Phi) is 11.5. The van der Waals surface area contributed by atoms with Crippen molar-refractivity contribution in [3.63, 3.8) is 0 Å². The molecule has 0 radical (unpaired) electrons. The van der Waals surface area contributed by atoms with E-state index in [2.05, 4.69) is 16.0 Å². The predicted molar refractivity (Wildman–Crippen MR) is 194 cm³/mol. The molecule has 13 heteroatoms. The molecule has 51 heavy (non-hydrogen) atoms. The second-order valence-electron chi connectivity index (χ2n) is 13.3. The average Bonchev–Trinajstić information content (AvgIpc) is 3.67. The molecule has 0 bridgehead atoms. The Bertz CT molecular complexity index is 1870. The summed E-state index contributed by atoms with van der Waals surface area (Å²) in [5.41, 5.74) is 9.66. The highest BCUT2D eigenvalue weighted by Crippen LogP contribution is 2.40. The van der Waals surface area contributed by atoms with Crippen molar-refractivity contribution in [3.8, 4) is 0 Å². The Morgan fingerprint density at radius 3 is 2.29 bits per heavy atom. The second kappa shape index (κ2) is 15.8. The van der Waals surface area contributed by atoms with Gasteiger partial charge in [-0.25, -0.2) is 0 Å². The van der Waals surface area contributed by atoms with Crippen LogP contribution in [0.15, 0.2) is 83.3 Å². The van der Waals surface area contributed by atoms with E-state index < -0.39 is 59.0 Å². The van der Waals surface area contributed by atoms with E-state index in [9.17, 15) is 29.1 Å². The number of fused-ring (bicyclic) bond motifs is 1. The number of carbonyl (C=O) groups is 5. The summed E-state index contributed by atoms with van der Waals surface area (Å²) in [6.45, 7) is 7.93. The van der Waals surface area contributed by atoms with Crippen LogP contribution in [-0.2, 0) is 32.1 Å². The van der Waals surface area contributed by atoms with E-state index in [0.717, 1.165) is 16.7 Å². The molecule has 1 fully saturated rings. The highest BCUT2D eigenvalue weighted by molar-refractivity contribution is 8.00. The van der Waals surface area contributed by atoms with Crippen LogP contribution in [0.25, 0.3) is 11.0 Å². The van der Waals surface area contributed by atoms with Gasteiger partial charge in [-0.15, -0.1) is 11.8 Å². The Labute approximate surface area is 300 Å². The third kappa shape index (κ3) is 8.78. The van der Waals surface area contributed by atoms with Gasteiger partial charge in [0, 0.05) is 16.7 Å². The van der Waals surface area contributed by atoms with E-state index in [-0.39, 0.29) is 30.5 Å². The SMILES string of the molecule is Cc1cccc(C)c1CNC(=O)[C@H]1N(C(=O)[C@@H](O)[C@H](Cc2ccccc2)NC(=O)[C@H](CC(N)=O)NC(=O)c2cc3ccccc3o2)CSC1(C)C. The number of hydrogen-bond acceptors (Lipinski definition) is 8. The number of aliphatic hydroxyl groups is 1. The molecule has 0 spiro atoms. The average molecular weight is 714 g/mol. The second-order valence-corrected chi connectivity index (χ2v) is 14.9. The molecule has 4 atom stereocenters. The molecule has 2 heterocycles. The summed E-state index contributed by atoms with van der Waals surface area (Å²) in [4.78, 5) is 68.1. The van der Waals surface area contributed by atoms with Crippen LogP contribution in [0.1, 0.15) is 53.1 Å². The lowest BCUT2D eigenvalue weighted by atomic mass is 9.96. The maximum atomic E-state index is 14.1. The van der Waals surface area contributed by atoms with Gasteiger partial charge in [0.25, 0.3) is 11.8 Å². The van der Waals surface area contributed by atoms with Crippen molar-refractivity contribution in [3.05, 3.63) is 107 Å². The summed E-state index contributed by atoms with van der Waals surface area (Å²) in [6.07, 6.45) is -2.33. The maximum absolute atomic E-state index is 14.1. The lowest BCUT2D eigenvalue weighted by molar-refractivity contribution is -0.148. The summed E-state index contributed by atoms with van der Waals surface area (Å²) in [7, 11) is 0. The number of furan rings is 1. The zero-order valence-corrected chi connectivity index (χ0v) is 29.8. The highest BCUT2D eigenvalue weighted by atomic mass is 32.2. The van der Waals surface area contributed by atoms with Crippen molar-refractivity contribution < 1.29 is 33.5 Å². The molecule has 1 aliphatic heterocycles. The van der Waals surface area contributed by atoms with Crippen molar-refractivity contribution in [2.75, 3.05) is 5.88 Å². The quantitative estimate of drug-likeness (QED) is 0.140. The number of para-hydroxylation sites is 1. The molecule has 0 unspecified atom stereocenters. The van der Waals surface area contributed by atoms with E-state index in [1.165, 1.54) is 22.7 Å². The number of nitrogens with one attached hydrogen (secondary N) is 3. The number of nitrogens with two attached hydrogens (primary N) is 1. The first kappa shape index (κ1) is 37.1. The number of hydrogen-bond donors (Lipinski definition) is 5. The normalized spacial score (nSPS) is 17.0. The van der Waals surface area contributed by atoms with Crippen LogP contribution in [0.4, 0.5) is 0 Å². The zero-order chi connectivity index (χ0) is 36.9. The molecule has 1 aromatic heterocycles. The smallest absolute Gasteiger partial charge is 0.287 e. The van der Waals surface area contributed by atoms with Gasteiger partial charge >= 0.3 is 0 Å². The van der Waals surface area contributed by atoms with Crippen LogP contribution in [0, 0.1) is 13.8 Å². The fourth-order valence-corrected chi connectivity index (χ4v) is 7.42. The molecule has 12 nitrogen and oxygen atoms in total. The molecule has 1 saturated heterocycles. The lowest BCUT2D eigenvalue weighted by Gasteiger charge is -2.33. The van der Waals surface area contributed by atoms with Crippen LogP contribution in [0.2, 0.25) is 0 Å². The fourth-order valence-electron chi connectivity index (χ4n) is 6.28. The minimum Gasteiger partial charge on any atom is -0.451 e. The number of carbonyl (C=O) groups excluding carboxylic acids is 5. The Balaban J connectivity index is 1.36. The van der Waals surface area contributed by atoms with Gasteiger partial charge < -0.3 is 36.1 Å². The minimum absolute atomic E-state index is 0.0219. The van der Waals surface area contributed by atoms with Gasteiger partial charge in [0.1, 0.15) is 17.7 Å². The van der Waals surface area contributed by atoms with Crippen LogP contribution in [0.5, 0.6) is 0 Å². The molecular formula is C38H43N5O7S. The van der Waals surface area contributed by atoms with Gasteiger partial charge in [-0.05, 0) is 68.5 Å². The van der Waals surface area contributed by atoms with Crippen molar-refractivity contribution in [2.45, 2.75) is 76.1 Å². The zero-order valence-electron chi connectivity index (χ0n) is 29.0. The first-order valence-corrected chi connectivity index (χ1v) is 17.6. The largest absolute Gasteiger partial charge is 0.451 e. The number of aliphatic hydroxyl groups excluding tert-OH is 1. The molecular weight excluding hydrogens is 671 g/mol. The minimum atomic E-state index is -1.79. The van der Waals surface area contributed by atoms with Gasteiger partial charge in [-0.1, -0.05) is 66.7 Å². The number of amides is 5. The van der Waals surface area contributed by atoms with E-state index in [1.807, 2.05) is 45.9 Å². The van der Waals surface area contributed by atoms with Gasteiger partial charge in [0.2, 0.25) is 17.7 Å². The number of thioether (sulfide) groups is 1. The topological polar surface area (TPSA) is 184 Å². The van der Waals surface area contributed by atoms with Crippen molar-refractivity contribution in [2.24, 2.45) is 5.73 Å². The third-order valence-electron chi connectivity index (χ3n) is 9.10. The molecule has 4 aromatic rings. The molecule has 3 aromatic carbocycles. The standard InChI is InChI=1S/C38H43N5O7S/c1-22-11-10-12-23(2)26(22)20-40-36(48)33-38(3,4)51-21-43(33)37(49)32(45)27(17-24-13-6-5-7-14-24)41-34(46)28(19-31(39)44)42-35(47)30-18-25-15-8-9-16-29(25)50-30/h5-16,18,27-28,32-33,45H,17,19-21H2,1-4H3,(H2,39,44)(H,40,48)(H,41,46)(H,42,47)/t27-,28-,32-,33+/m0/s1. The number of nitrogens with zero attached hydrogens (tertiary/aromatic N) is 1. The molecule has 0 saturated carbocycles. The number of primary amides is 1. The Hall–Kier alpha value is -5.14. The van der Waals surface area contributed by atoms with E-state index in [1.54, 1.807) is 54.6 Å². The van der Waals surface area contributed by atoms with Gasteiger partial charge in [-0.3, -0.25) is 24.0 Å². The summed E-state index contributed by atoms with van der Waals surface area (Å²) >= 11 is 1.40. The van der Waals surface area contributed by atoms with Crippen LogP contribution in [-0.4, -0.2) is 74.4 Å². The predicted octanol–water partition coefficient (Wildman–Crippen LogP) is 3.11. The summed E-state index contributed by atoms with van der Waals surface area (Å²) < 4.78 is 4.93. The highest BCUT2D eigenvalue weighted by Gasteiger charge is 2.50. The third-order valence-corrected chi connectivity index (χ3v) is 10.5. The van der Waals surface area contributed by atoms with E-state index in [0.29, 0.717) is 16.5 Å². The van der Waals surface area contributed by atoms with E-state index in [4.69, 9.17) is 10.2 Å².